The van der Waals surface area contributed by atoms with E-state index >= 15 is 0 Å². The largest absolute Gasteiger partial charge is 0.465 e. The molecule has 0 bridgehead atoms. The van der Waals surface area contributed by atoms with Gasteiger partial charge in [-0.3, -0.25) is 4.79 Å². The first kappa shape index (κ1) is 26.0. The second-order valence-corrected chi connectivity index (χ2v) is 16.1. The highest BCUT2D eigenvalue weighted by atomic mass is 28.3. The summed E-state index contributed by atoms with van der Waals surface area (Å²) in [5.41, 5.74) is 0.870. The van der Waals surface area contributed by atoms with E-state index in [-0.39, 0.29) is 30.6 Å². The maximum atomic E-state index is 13.1. The van der Waals surface area contributed by atoms with Crippen LogP contribution >= 0.6 is 0 Å². The molecule has 1 aromatic carbocycles. The quantitative estimate of drug-likeness (QED) is 0.395. The standard InChI is InChI=1S/C24H38N4O5Si/c1-34(2,3)14-12-25-18-9-10-21(20(15-18)26-23(30)31)28-13-11-19(22(28)29)27-24(32)33-16-17-7-5-4-6-8-17/h4-8,18-21,25-26H,9-16H2,1-3H3,(H,27,32)(H,30,31)/t18-,19?,20?,21?/m1/s1. The highest BCUT2D eigenvalue weighted by Gasteiger charge is 2.42. The molecule has 2 aliphatic rings. The van der Waals surface area contributed by atoms with Gasteiger partial charge in [0.1, 0.15) is 12.6 Å². The summed E-state index contributed by atoms with van der Waals surface area (Å²) in [5.74, 6) is -0.177. The number of alkyl carbamates (subject to hydrolysis) is 1. The van der Waals surface area contributed by atoms with Crippen molar-refractivity contribution in [3.63, 3.8) is 0 Å². The molecule has 1 aromatic rings. The number of hydrogen-bond acceptors (Lipinski definition) is 5. The van der Waals surface area contributed by atoms with Gasteiger partial charge in [-0.1, -0.05) is 50.0 Å². The number of nitrogens with zero attached hydrogens (tertiary/aromatic N) is 1. The van der Waals surface area contributed by atoms with Crippen molar-refractivity contribution in [1.29, 1.82) is 0 Å². The van der Waals surface area contributed by atoms with Crippen molar-refractivity contribution in [2.75, 3.05) is 13.1 Å². The third-order valence-electron chi connectivity index (χ3n) is 6.58. The van der Waals surface area contributed by atoms with E-state index in [2.05, 4.69) is 35.6 Å². The Bertz CT molecular complexity index is 848. The molecule has 4 atom stereocenters. The Morgan fingerprint density at radius 3 is 2.53 bits per heavy atom. The van der Waals surface area contributed by atoms with E-state index in [1.807, 2.05) is 30.3 Å². The Morgan fingerprint density at radius 2 is 1.85 bits per heavy atom. The molecule has 0 radical (unpaired) electrons. The molecule has 0 aromatic heterocycles. The number of carbonyl (C=O) groups excluding carboxylic acids is 2. The van der Waals surface area contributed by atoms with Crippen LogP contribution in [0, 0.1) is 0 Å². The van der Waals surface area contributed by atoms with Gasteiger partial charge >= 0.3 is 12.2 Å². The van der Waals surface area contributed by atoms with E-state index in [1.54, 1.807) is 4.90 Å². The van der Waals surface area contributed by atoms with Gasteiger partial charge in [0.2, 0.25) is 5.91 Å². The highest BCUT2D eigenvalue weighted by molar-refractivity contribution is 6.76. The predicted octanol–water partition coefficient (Wildman–Crippen LogP) is 3.00. The predicted molar refractivity (Wildman–Crippen MR) is 132 cm³/mol. The van der Waals surface area contributed by atoms with Crippen LogP contribution in [0.5, 0.6) is 0 Å². The molecule has 1 saturated heterocycles. The van der Waals surface area contributed by atoms with Crippen molar-refractivity contribution < 1.29 is 24.2 Å². The number of carboxylic acid groups (broad SMARTS) is 1. The Kier molecular flexibility index (Phi) is 8.95. The second-order valence-electron chi connectivity index (χ2n) is 10.5. The average molecular weight is 491 g/mol. The third-order valence-corrected chi connectivity index (χ3v) is 8.33. The Hall–Kier alpha value is -2.59. The Balaban J connectivity index is 1.52. The van der Waals surface area contributed by atoms with Gasteiger partial charge in [0, 0.05) is 20.7 Å². The first-order valence-corrected chi connectivity index (χ1v) is 15.8. The summed E-state index contributed by atoms with van der Waals surface area (Å²) >= 11 is 0. The molecular formula is C24H38N4O5Si. The van der Waals surface area contributed by atoms with Crippen LogP contribution < -0.4 is 16.0 Å². The van der Waals surface area contributed by atoms with Gasteiger partial charge in [0.25, 0.3) is 0 Å². The molecule has 34 heavy (non-hydrogen) atoms. The zero-order valence-corrected chi connectivity index (χ0v) is 21.4. The van der Waals surface area contributed by atoms with Crippen molar-refractivity contribution in [2.24, 2.45) is 0 Å². The van der Waals surface area contributed by atoms with Crippen LogP contribution in [0.4, 0.5) is 9.59 Å². The van der Waals surface area contributed by atoms with E-state index < -0.39 is 26.3 Å². The maximum Gasteiger partial charge on any atom is 0.408 e. The smallest absolute Gasteiger partial charge is 0.408 e. The second kappa shape index (κ2) is 11.7. The Labute approximate surface area is 202 Å². The normalized spacial score (nSPS) is 25.1. The number of nitrogens with one attached hydrogen (secondary N) is 3. The van der Waals surface area contributed by atoms with Crippen molar-refractivity contribution in [1.82, 2.24) is 20.9 Å². The lowest BCUT2D eigenvalue weighted by atomic mass is 9.85. The van der Waals surface area contributed by atoms with Gasteiger partial charge < -0.3 is 30.7 Å². The number of hydrogen-bond donors (Lipinski definition) is 4. The highest BCUT2D eigenvalue weighted by Crippen LogP contribution is 2.28. The fourth-order valence-corrected chi connectivity index (χ4v) is 5.64. The van der Waals surface area contributed by atoms with Crippen molar-refractivity contribution in [2.45, 2.75) is 82.1 Å². The monoisotopic (exact) mass is 490 g/mol. The fraction of sp³-hybridized carbons (Fsp3) is 0.625. The Morgan fingerprint density at radius 1 is 1.12 bits per heavy atom. The van der Waals surface area contributed by atoms with Gasteiger partial charge in [0.05, 0.1) is 12.1 Å². The van der Waals surface area contributed by atoms with E-state index in [9.17, 15) is 19.5 Å². The zero-order valence-electron chi connectivity index (χ0n) is 20.4. The van der Waals surface area contributed by atoms with E-state index in [1.165, 1.54) is 6.04 Å². The molecule has 0 spiro atoms. The lowest BCUT2D eigenvalue weighted by Crippen LogP contribution is -2.58. The first-order valence-electron chi connectivity index (χ1n) is 12.1. The number of ether oxygens (including phenoxy) is 1. The summed E-state index contributed by atoms with van der Waals surface area (Å²) in [7, 11) is -1.15. The SMILES string of the molecule is C[Si](C)(C)CCN[C@@H]1CCC(N2CCC(NC(=O)OCc3ccccc3)C2=O)C(NC(=O)O)C1. The van der Waals surface area contributed by atoms with Gasteiger partial charge in [0.15, 0.2) is 0 Å². The molecule has 10 heteroatoms. The average Bonchev–Trinajstić information content (AvgIpc) is 3.12. The van der Waals surface area contributed by atoms with Crippen LogP contribution in [0.25, 0.3) is 0 Å². The lowest BCUT2D eigenvalue weighted by molar-refractivity contribution is -0.132. The summed E-state index contributed by atoms with van der Waals surface area (Å²) in [5, 5.41) is 18.3. The van der Waals surface area contributed by atoms with Crippen LogP contribution in [-0.4, -0.2) is 73.4 Å². The third kappa shape index (κ3) is 7.73. The minimum atomic E-state index is -1.15. The molecule has 1 aliphatic carbocycles. The molecule has 4 N–H and O–H groups in total. The number of rotatable bonds is 9. The topological polar surface area (TPSA) is 120 Å². The van der Waals surface area contributed by atoms with Crippen LogP contribution in [0.2, 0.25) is 25.7 Å². The van der Waals surface area contributed by atoms with Crippen molar-refractivity contribution >= 4 is 26.2 Å². The van der Waals surface area contributed by atoms with Crippen LogP contribution in [0.3, 0.4) is 0 Å². The molecule has 188 valence electrons. The fourth-order valence-electron chi connectivity index (χ4n) is 4.75. The summed E-state index contributed by atoms with van der Waals surface area (Å²) in [6.45, 7) is 8.56. The molecule has 2 fully saturated rings. The van der Waals surface area contributed by atoms with Gasteiger partial charge in [-0.15, -0.1) is 0 Å². The molecule has 3 unspecified atom stereocenters. The molecule has 3 amide bonds. The number of benzene rings is 1. The van der Waals surface area contributed by atoms with E-state index in [0.717, 1.165) is 18.5 Å². The van der Waals surface area contributed by atoms with Gasteiger partial charge in [-0.25, -0.2) is 9.59 Å². The number of amides is 3. The lowest BCUT2D eigenvalue weighted by Gasteiger charge is -2.41. The molecule has 9 nitrogen and oxygen atoms in total. The van der Waals surface area contributed by atoms with Crippen molar-refractivity contribution in [3.05, 3.63) is 35.9 Å². The molecule has 1 heterocycles. The molecule has 1 aliphatic heterocycles. The van der Waals surface area contributed by atoms with E-state index in [4.69, 9.17) is 4.74 Å². The maximum absolute atomic E-state index is 13.1. The molecular weight excluding hydrogens is 452 g/mol. The van der Waals surface area contributed by atoms with Crippen molar-refractivity contribution in [3.8, 4) is 0 Å². The summed E-state index contributed by atoms with van der Waals surface area (Å²) in [4.78, 5) is 38.5. The number of likely N-dealkylation sites (tertiary alicyclic amines) is 1. The zero-order chi connectivity index (χ0) is 24.7. The molecule has 1 saturated carbocycles. The van der Waals surface area contributed by atoms with E-state index in [0.29, 0.717) is 25.8 Å². The number of carbonyl (C=O) groups is 3. The van der Waals surface area contributed by atoms with Crippen LogP contribution in [-0.2, 0) is 16.1 Å². The minimum Gasteiger partial charge on any atom is -0.465 e. The van der Waals surface area contributed by atoms with Gasteiger partial charge in [-0.2, -0.15) is 0 Å². The van der Waals surface area contributed by atoms with Gasteiger partial charge in [-0.05, 0) is 43.8 Å². The molecule has 3 rings (SSSR count). The first-order chi connectivity index (χ1) is 16.1. The summed E-state index contributed by atoms with van der Waals surface area (Å²) < 4.78 is 5.25. The van der Waals surface area contributed by atoms with Crippen LogP contribution in [0.15, 0.2) is 30.3 Å². The minimum absolute atomic E-state index is 0.136. The van der Waals surface area contributed by atoms with Crippen LogP contribution in [0.1, 0.15) is 31.2 Å². The summed E-state index contributed by atoms with van der Waals surface area (Å²) in [6.07, 6.45) is 1.02. The summed E-state index contributed by atoms with van der Waals surface area (Å²) in [6, 6.07) is 9.53.